The fourth-order valence-corrected chi connectivity index (χ4v) is 2.39. The Hall–Kier alpha value is -2.42. The van der Waals surface area contributed by atoms with Gasteiger partial charge in [0.2, 0.25) is 5.95 Å². The van der Waals surface area contributed by atoms with Gasteiger partial charge in [0.05, 0.1) is 6.04 Å². The predicted molar refractivity (Wildman–Crippen MR) is 92.7 cm³/mol. The highest BCUT2D eigenvalue weighted by Gasteiger charge is 2.34. The summed E-state index contributed by atoms with van der Waals surface area (Å²) in [5.74, 6) is -0.367. The summed E-state index contributed by atoms with van der Waals surface area (Å²) in [4.78, 5) is 11.0. The van der Waals surface area contributed by atoms with Crippen molar-refractivity contribution in [3.05, 3.63) is 47.4 Å². The minimum absolute atomic E-state index is 0.133. The van der Waals surface area contributed by atoms with Gasteiger partial charge in [0.1, 0.15) is 11.6 Å². The van der Waals surface area contributed by atoms with E-state index in [1.165, 1.54) is 17.0 Å². The van der Waals surface area contributed by atoms with E-state index in [1.54, 1.807) is 40.3 Å². The Bertz CT molecular complexity index is 746. The van der Waals surface area contributed by atoms with Crippen molar-refractivity contribution in [3.8, 4) is 0 Å². The monoisotopic (exact) mass is 371 g/mol. The van der Waals surface area contributed by atoms with Crippen LogP contribution in [0.3, 0.4) is 0 Å². The third-order valence-electron chi connectivity index (χ3n) is 3.77. The summed E-state index contributed by atoms with van der Waals surface area (Å²) >= 11 is 0. The standard InChI is InChI=1S/C17H21F4N5/c1-25(2)13(11-6-5-7-12(18)8-11)10-22-16-23-14(17(19,20)21)9-15(24-16)26(3)4/h5-9,13H,10H2,1-4H3,(H,22,23,24). The van der Waals surface area contributed by atoms with Crippen LogP contribution in [0.1, 0.15) is 17.3 Å². The van der Waals surface area contributed by atoms with Crippen LogP contribution < -0.4 is 10.2 Å². The summed E-state index contributed by atoms with van der Waals surface area (Å²) in [5, 5.41) is 2.84. The Morgan fingerprint density at radius 3 is 2.31 bits per heavy atom. The van der Waals surface area contributed by atoms with Crippen molar-refractivity contribution >= 4 is 11.8 Å². The van der Waals surface area contributed by atoms with Crippen molar-refractivity contribution in [2.75, 3.05) is 45.0 Å². The van der Waals surface area contributed by atoms with E-state index in [1.807, 2.05) is 4.90 Å². The summed E-state index contributed by atoms with van der Waals surface area (Å²) in [6.07, 6.45) is -4.58. The van der Waals surface area contributed by atoms with Crippen LogP contribution in [-0.4, -0.2) is 49.6 Å². The van der Waals surface area contributed by atoms with Crippen molar-refractivity contribution in [1.29, 1.82) is 0 Å². The lowest BCUT2D eigenvalue weighted by molar-refractivity contribution is -0.141. The van der Waals surface area contributed by atoms with Crippen molar-refractivity contribution in [1.82, 2.24) is 14.9 Å². The molecule has 0 spiro atoms. The molecular formula is C17H21F4N5. The van der Waals surface area contributed by atoms with E-state index < -0.39 is 11.9 Å². The molecule has 2 rings (SSSR count). The van der Waals surface area contributed by atoms with E-state index in [0.717, 1.165) is 6.07 Å². The lowest BCUT2D eigenvalue weighted by atomic mass is 10.1. The molecule has 5 nitrogen and oxygen atoms in total. The van der Waals surface area contributed by atoms with E-state index in [2.05, 4.69) is 15.3 Å². The zero-order valence-corrected chi connectivity index (χ0v) is 15.0. The maximum absolute atomic E-state index is 13.5. The molecule has 0 amide bonds. The SMILES string of the molecule is CN(C)c1cc(C(F)(F)F)nc(NCC(c2cccc(F)c2)N(C)C)n1. The van der Waals surface area contributed by atoms with Gasteiger partial charge < -0.3 is 15.1 Å². The number of alkyl halides is 3. The second-order valence-electron chi connectivity index (χ2n) is 6.24. The first-order valence-corrected chi connectivity index (χ1v) is 7.87. The number of hydrogen-bond donors (Lipinski definition) is 1. The van der Waals surface area contributed by atoms with Crippen molar-refractivity contribution in [2.45, 2.75) is 12.2 Å². The molecule has 1 unspecified atom stereocenters. The average molecular weight is 371 g/mol. The third-order valence-corrected chi connectivity index (χ3v) is 3.77. The lowest BCUT2D eigenvalue weighted by Gasteiger charge is -2.25. The third kappa shape index (κ3) is 5.04. The topological polar surface area (TPSA) is 44.3 Å². The minimum atomic E-state index is -4.58. The first-order valence-electron chi connectivity index (χ1n) is 7.87. The van der Waals surface area contributed by atoms with Gasteiger partial charge in [-0.1, -0.05) is 12.1 Å². The van der Waals surface area contributed by atoms with Crippen LogP contribution in [0, 0.1) is 5.82 Å². The molecule has 142 valence electrons. The molecule has 1 aromatic heterocycles. The molecule has 0 saturated heterocycles. The molecule has 0 radical (unpaired) electrons. The van der Waals surface area contributed by atoms with Crippen molar-refractivity contribution < 1.29 is 17.6 Å². The van der Waals surface area contributed by atoms with Gasteiger partial charge in [0.15, 0.2) is 5.69 Å². The molecule has 0 saturated carbocycles. The van der Waals surface area contributed by atoms with Crippen molar-refractivity contribution in [2.24, 2.45) is 0 Å². The average Bonchev–Trinajstić information content (AvgIpc) is 2.53. The van der Waals surface area contributed by atoms with Crippen LogP contribution >= 0.6 is 0 Å². The summed E-state index contributed by atoms with van der Waals surface area (Å²) < 4.78 is 52.7. The fraction of sp³-hybridized carbons (Fsp3) is 0.412. The number of benzene rings is 1. The number of aromatic nitrogens is 2. The molecule has 9 heteroatoms. The summed E-state index contributed by atoms with van der Waals surface area (Å²) in [7, 11) is 6.80. The number of nitrogens with zero attached hydrogens (tertiary/aromatic N) is 4. The highest BCUT2D eigenvalue weighted by Crippen LogP contribution is 2.30. The Morgan fingerprint density at radius 1 is 1.08 bits per heavy atom. The maximum Gasteiger partial charge on any atom is 0.433 e. The highest BCUT2D eigenvalue weighted by atomic mass is 19.4. The van der Waals surface area contributed by atoms with Crippen LogP contribution in [0.4, 0.5) is 29.3 Å². The van der Waals surface area contributed by atoms with E-state index in [4.69, 9.17) is 0 Å². The van der Waals surface area contributed by atoms with Gasteiger partial charge in [0.25, 0.3) is 0 Å². The normalized spacial score (nSPS) is 13.0. The molecule has 0 aliphatic heterocycles. The second-order valence-corrected chi connectivity index (χ2v) is 6.24. The Balaban J connectivity index is 2.27. The van der Waals surface area contributed by atoms with E-state index in [9.17, 15) is 17.6 Å². The van der Waals surface area contributed by atoms with E-state index in [-0.39, 0.29) is 30.2 Å². The van der Waals surface area contributed by atoms with Gasteiger partial charge in [-0.15, -0.1) is 0 Å². The predicted octanol–water partition coefficient (Wildman–Crippen LogP) is 3.42. The number of nitrogens with one attached hydrogen (secondary N) is 1. The van der Waals surface area contributed by atoms with Crippen LogP contribution in [-0.2, 0) is 6.18 Å². The molecule has 1 heterocycles. The molecule has 2 aromatic rings. The van der Waals surface area contributed by atoms with Gasteiger partial charge in [-0.05, 0) is 31.8 Å². The molecule has 1 atom stereocenters. The second kappa shape index (κ2) is 7.86. The number of anilines is 2. The molecule has 1 N–H and O–H groups in total. The molecule has 0 aliphatic carbocycles. The van der Waals surface area contributed by atoms with Crippen LogP contribution in [0.2, 0.25) is 0 Å². The number of hydrogen-bond acceptors (Lipinski definition) is 5. The van der Waals surface area contributed by atoms with E-state index >= 15 is 0 Å². The quantitative estimate of drug-likeness (QED) is 0.789. The minimum Gasteiger partial charge on any atom is -0.363 e. The largest absolute Gasteiger partial charge is 0.433 e. The van der Waals surface area contributed by atoms with Crippen LogP contribution in [0.25, 0.3) is 0 Å². The number of likely N-dealkylation sites (N-methyl/N-ethyl adjacent to an activating group) is 1. The Labute approximate surface area is 149 Å². The zero-order valence-electron chi connectivity index (χ0n) is 15.0. The van der Waals surface area contributed by atoms with E-state index in [0.29, 0.717) is 5.56 Å². The fourth-order valence-electron chi connectivity index (χ4n) is 2.39. The molecule has 0 aliphatic rings. The zero-order chi connectivity index (χ0) is 19.5. The smallest absolute Gasteiger partial charge is 0.363 e. The summed E-state index contributed by atoms with van der Waals surface area (Å²) in [6, 6.07) is 6.70. The van der Waals surface area contributed by atoms with Crippen LogP contribution in [0.15, 0.2) is 30.3 Å². The molecule has 26 heavy (non-hydrogen) atoms. The lowest BCUT2D eigenvalue weighted by Crippen LogP contribution is -2.28. The van der Waals surface area contributed by atoms with Gasteiger partial charge in [-0.25, -0.2) is 9.37 Å². The Kier molecular flexibility index (Phi) is 6.01. The summed E-state index contributed by atoms with van der Waals surface area (Å²) in [5.41, 5.74) is -0.326. The first kappa shape index (κ1) is 19.9. The van der Waals surface area contributed by atoms with Crippen LogP contribution in [0.5, 0.6) is 0 Å². The van der Waals surface area contributed by atoms with Crippen molar-refractivity contribution in [3.63, 3.8) is 0 Å². The molecule has 0 fully saturated rings. The Morgan fingerprint density at radius 2 is 1.77 bits per heavy atom. The molecule has 1 aromatic carbocycles. The summed E-state index contributed by atoms with van der Waals surface area (Å²) in [6.45, 7) is 0.213. The highest BCUT2D eigenvalue weighted by molar-refractivity contribution is 5.44. The van der Waals surface area contributed by atoms with Gasteiger partial charge in [-0.2, -0.15) is 18.2 Å². The number of rotatable bonds is 6. The maximum atomic E-state index is 13.5. The van der Waals surface area contributed by atoms with Gasteiger partial charge >= 0.3 is 6.18 Å². The molecule has 0 bridgehead atoms. The first-order chi connectivity index (χ1) is 12.1. The van der Waals surface area contributed by atoms with Gasteiger partial charge in [0, 0.05) is 26.7 Å². The van der Waals surface area contributed by atoms with Gasteiger partial charge in [-0.3, -0.25) is 0 Å². The molecular weight excluding hydrogens is 350 g/mol. The number of halogens is 4.